The summed E-state index contributed by atoms with van der Waals surface area (Å²) in [6.07, 6.45) is 4.17. The van der Waals surface area contributed by atoms with Gasteiger partial charge in [0, 0.05) is 25.2 Å². The first-order valence-electron chi connectivity index (χ1n) is 8.43. The van der Waals surface area contributed by atoms with Crippen molar-refractivity contribution in [3.8, 4) is 0 Å². The first kappa shape index (κ1) is 18.2. The minimum Gasteiger partial charge on any atom is -0.353 e. The molecule has 0 saturated heterocycles. The lowest BCUT2D eigenvalue weighted by atomic mass is 10.1. The Bertz CT molecular complexity index is 842. The number of nitrogens with zero attached hydrogens (tertiary/aromatic N) is 3. The van der Waals surface area contributed by atoms with Crippen molar-refractivity contribution < 1.29 is 9.59 Å². The number of carbonyl (C=O) groups excluding carboxylic acids is 2. The third-order valence-corrected chi connectivity index (χ3v) is 4.58. The van der Waals surface area contributed by atoms with E-state index in [1.165, 1.54) is 0 Å². The molecule has 136 valence electrons. The minimum atomic E-state index is -0.160. The lowest BCUT2D eigenvalue weighted by molar-refractivity contribution is -0.120. The van der Waals surface area contributed by atoms with E-state index in [9.17, 15) is 9.59 Å². The Hall–Kier alpha value is -2.60. The highest BCUT2D eigenvalue weighted by molar-refractivity contribution is 6.30. The molecule has 1 atom stereocenters. The van der Waals surface area contributed by atoms with Crippen LogP contribution in [-0.4, -0.2) is 45.6 Å². The number of hydrogen-bond acceptors (Lipinski definition) is 3. The third kappa shape index (κ3) is 4.14. The van der Waals surface area contributed by atoms with Crippen molar-refractivity contribution in [2.75, 3.05) is 13.1 Å². The average Bonchev–Trinajstić information content (AvgIpc) is 3.20. The Morgan fingerprint density at radius 2 is 2.04 bits per heavy atom. The summed E-state index contributed by atoms with van der Waals surface area (Å²) in [7, 11) is 1.76. The third-order valence-electron chi connectivity index (χ3n) is 4.33. The van der Waals surface area contributed by atoms with Crippen molar-refractivity contribution in [2.24, 2.45) is 7.05 Å². The Morgan fingerprint density at radius 3 is 2.69 bits per heavy atom. The fourth-order valence-electron chi connectivity index (χ4n) is 3.01. The van der Waals surface area contributed by atoms with Crippen LogP contribution in [0.25, 0.3) is 0 Å². The van der Waals surface area contributed by atoms with E-state index in [-0.39, 0.29) is 24.3 Å². The van der Waals surface area contributed by atoms with Gasteiger partial charge >= 0.3 is 0 Å². The molecule has 1 unspecified atom stereocenters. The largest absolute Gasteiger partial charge is 0.353 e. The smallest absolute Gasteiger partial charge is 0.272 e. The SMILES string of the molecule is Cc1cc(C(=O)N2CC=CC2CNC(=O)Cc2ccc(Cl)cc2)n(C)n1. The molecule has 0 bridgehead atoms. The monoisotopic (exact) mass is 372 g/mol. The van der Waals surface area contributed by atoms with Crippen molar-refractivity contribution in [3.05, 3.63) is 64.5 Å². The molecule has 0 saturated carbocycles. The highest BCUT2D eigenvalue weighted by Crippen LogP contribution is 2.15. The predicted octanol–water partition coefficient (Wildman–Crippen LogP) is 2.12. The first-order valence-corrected chi connectivity index (χ1v) is 8.81. The van der Waals surface area contributed by atoms with Crippen LogP contribution in [0.15, 0.2) is 42.5 Å². The molecule has 2 aromatic rings. The molecule has 2 amide bonds. The van der Waals surface area contributed by atoms with Gasteiger partial charge in [-0.2, -0.15) is 5.10 Å². The second-order valence-electron chi connectivity index (χ2n) is 6.35. The second-order valence-corrected chi connectivity index (χ2v) is 6.79. The number of halogens is 1. The van der Waals surface area contributed by atoms with Gasteiger partial charge in [0.25, 0.3) is 5.91 Å². The van der Waals surface area contributed by atoms with Crippen molar-refractivity contribution in [1.82, 2.24) is 20.0 Å². The van der Waals surface area contributed by atoms with E-state index in [1.54, 1.807) is 34.8 Å². The van der Waals surface area contributed by atoms with Crippen molar-refractivity contribution in [3.63, 3.8) is 0 Å². The highest BCUT2D eigenvalue weighted by atomic mass is 35.5. The number of hydrogen-bond donors (Lipinski definition) is 1. The Labute approximate surface area is 157 Å². The molecule has 7 heteroatoms. The standard InChI is InChI=1S/C19H21ClN4O2/c1-13-10-17(23(2)22-13)19(26)24-9-3-4-16(24)12-21-18(25)11-14-5-7-15(20)8-6-14/h3-8,10,16H,9,11-12H2,1-2H3,(H,21,25). The molecular weight excluding hydrogens is 352 g/mol. The van der Waals surface area contributed by atoms with Crippen molar-refractivity contribution in [1.29, 1.82) is 0 Å². The zero-order chi connectivity index (χ0) is 18.7. The molecule has 6 nitrogen and oxygen atoms in total. The molecule has 1 aliphatic heterocycles. The molecule has 2 heterocycles. The second kappa shape index (κ2) is 7.74. The van der Waals surface area contributed by atoms with Gasteiger partial charge in [0.15, 0.2) is 0 Å². The molecular formula is C19H21ClN4O2. The van der Waals surface area contributed by atoms with E-state index in [4.69, 9.17) is 11.6 Å². The predicted molar refractivity (Wildman–Crippen MR) is 100 cm³/mol. The van der Waals surface area contributed by atoms with E-state index in [0.29, 0.717) is 23.8 Å². The molecule has 26 heavy (non-hydrogen) atoms. The Morgan fingerprint density at radius 1 is 1.31 bits per heavy atom. The summed E-state index contributed by atoms with van der Waals surface area (Å²) in [6.45, 7) is 2.76. The number of carbonyl (C=O) groups is 2. The van der Waals surface area contributed by atoms with Gasteiger partial charge in [-0.05, 0) is 30.7 Å². The molecule has 0 radical (unpaired) electrons. The van der Waals surface area contributed by atoms with Gasteiger partial charge in [0.05, 0.1) is 18.2 Å². The fourth-order valence-corrected chi connectivity index (χ4v) is 3.13. The molecule has 1 aromatic carbocycles. The summed E-state index contributed by atoms with van der Waals surface area (Å²) < 4.78 is 1.59. The lowest BCUT2D eigenvalue weighted by Crippen LogP contribution is -2.44. The van der Waals surface area contributed by atoms with E-state index >= 15 is 0 Å². The van der Waals surface area contributed by atoms with Crippen LogP contribution in [0.1, 0.15) is 21.7 Å². The highest BCUT2D eigenvalue weighted by Gasteiger charge is 2.27. The zero-order valence-electron chi connectivity index (χ0n) is 14.8. The maximum Gasteiger partial charge on any atom is 0.272 e. The minimum absolute atomic E-state index is 0.0867. The van der Waals surface area contributed by atoms with Crippen LogP contribution in [0.5, 0.6) is 0 Å². The van der Waals surface area contributed by atoms with E-state index in [2.05, 4.69) is 10.4 Å². The molecule has 0 fully saturated rings. The topological polar surface area (TPSA) is 67.2 Å². The molecule has 1 aromatic heterocycles. The first-order chi connectivity index (χ1) is 12.4. The number of aromatic nitrogens is 2. The molecule has 3 rings (SSSR count). The van der Waals surface area contributed by atoms with Gasteiger partial charge < -0.3 is 10.2 Å². The van der Waals surface area contributed by atoms with Gasteiger partial charge in [0.1, 0.15) is 5.69 Å². The van der Waals surface area contributed by atoms with Crippen LogP contribution in [0.4, 0.5) is 0 Å². The summed E-state index contributed by atoms with van der Waals surface area (Å²) in [6, 6.07) is 8.81. The molecule has 1 aliphatic rings. The van der Waals surface area contributed by atoms with Gasteiger partial charge in [-0.3, -0.25) is 14.3 Å². The number of rotatable bonds is 5. The summed E-state index contributed by atoms with van der Waals surface area (Å²) in [5, 5.41) is 7.77. The lowest BCUT2D eigenvalue weighted by Gasteiger charge is -2.24. The average molecular weight is 373 g/mol. The zero-order valence-corrected chi connectivity index (χ0v) is 15.5. The normalized spacial score (nSPS) is 16.1. The fraction of sp³-hybridized carbons (Fsp3) is 0.316. The van der Waals surface area contributed by atoms with E-state index in [0.717, 1.165) is 11.3 Å². The summed E-state index contributed by atoms with van der Waals surface area (Å²) in [5.74, 6) is -0.175. The summed E-state index contributed by atoms with van der Waals surface area (Å²) in [5.41, 5.74) is 2.24. The van der Waals surface area contributed by atoms with Crippen LogP contribution in [-0.2, 0) is 18.3 Å². The van der Waals surface area contributed by atoms with Gasteiger partial charge in [-0.25, -0.2) is 0 Å². The Balaban J connectivity index is 1.57. The number of benzene rings is 1. The van der Waals surface area contributed by atoms with Crippen LogP contribution in [0, 0.1) is 6.92 Å². The van der Waals surface area contributed by atoms with Crippen molar-refractivity contribution in [2.45, 2.75) is 19.4 Å². The molecule has 1 N–H and O–H groups in total. The van der Waals surface area contributed by atoms with E-state index in [1.807, 2.05) is 31.2 Å². The summed E-state index contributed by atoms with van der Waals surface area (Å²) >= 11 is 5.85. The number of aryl methyl sites for hydroxylation is 2. The van der Waals surface area contributed by atoms with Crippen LogP contribution in [0.3, 0.4) is 0 Å². The summed E-state index contributed by atoms with van der Waals surface area (Å²) in [4.78, 5) is 26.7. The van der Waals surface area contributed by atoms with Gasteiger partial charge in [0.2, 0.25) is 5.91 Å². The van der Waals surface area contributed by atoms with E-state index < -0.39 is 0 Å². The number of amides is 2. The maximum absolute atomic E-state index is 12.8. The van der Waals surface area contributed by atoms with Crippen LogP contribution >= 0.6 is 11.6 Å². The van der Waals surface area contributed by atoms with Crippen LogP contribution < -0.4 is 5.32 Å². The number of nitrogens with one attached hydrogen (secondary N) is 1. The maximum atomic E-state index is 12.8. The van der Waals surface area contributed by atoms with Crippen LogP contribution in [0.2, 0.25) is 5.02 Å². The van der Waals surface area contributed by atoms with Crippen molar-refractivity contribution >= 4 is 23.4 Å². The molecule has 0 aliphatic carbocycles. The molecule has 0 spiro atoms. The Kier molecular flexibility index (Phi) is 5.42. The quantitative estimate of drug-likeness (QED) is 0.817. The van der Waals surface area contributed by atoms with Gasteiger partial charge in [-0.15, -0.1) is 0 Å². The van der Waals surface area contributed by atoms with Gasteiger partial charge in [-0.1, -0.05) is 35.9 Å².